The molecule has 1 aromatic heterocycles. The molecule has 3 rings (SSSR count). The zero-order valence-corrected chi connectivity index (χ0v) is 14.7. The summed E-state index contributed by atoms with van der Waals surface area (Å²) in [6.07, 6.45) is 7.19. The molecule has 2 aromatic rings. The first-order valence-electron chi connectivity index (χ1n) is 7.45. The Morgan fingerprint density at radius 1 is 1.38 bits per heavy atom. The van der Waals surface area contributed by atoms with Crippen molar-refractivity contribution in [1.29, 1.82) is 0 Å². The molecule has 1 heterocycles. The fraction of sp³-hybridized carbons (Fsp3) is 0.562. The van der Waals surface area contributed by atoms with Gasteiger partial charge in [-0.3, -0.25) is 0 Å². The van der Waals surface area contributed by atoms with Crippen molar-refractivity contribution in [1.82, 2.24) is 9.55 Å². The maximum atomic E-state index is 6.39. The van der Waals surface area contributed by atoms with E-state index in [1.165, 1.54) is 25.7 Å². The van der Waals surface area contributed by atoms with Gasteiger partial charge < -0.3 is 4.57 Å². The van der Waals surface area contributed by atoms with Crippen molar-refractivity contribution in [2.75, 3.05) is 6.26 Å². The Bertz CT molecular complexity index is 638. The van der Waals surface area contributed by atoms with Gasteiger partial charge in [-0.05, 0) is 44.6 Å². The van der Waals surface area contributed by atoms with E-state index in [2.05, 4.69) is 16.9 Å². The van der Waals surface area contributed by atoms with E-state index in [-0.39, 0.29) is 5.38 Å². The van der Waals surface area contributed by atoms with E-state index < -0.39 is 0 Å². The van der Waals surface area contributed by atoms with Gasteiger partial charge >= 0.3 is 0 Å². The van der Waals surface area contributed by atoms with Crippen LogP contribution in [0.15, 0.2) is 18.2 Å². The Hall–Kier alpha value is -0.380. The number of nitrogens with zero attached hydrogens (tertiary/aromatic N) is 2. The number of halogens is 2. The fourth-order valence-corrected chi connectivity index (χ4v) is 4.52. The first-order chi connectivity index (χ1) is 10.1. The molecule has 0 bridgehead atoms. The van der Waals surface area contributed by atoms with E-state index >= 15 is 0 Å². The normalized spacial score (nSPS) is 24.4. The van der Waals surface area contributed by atoms with Gasteiger partial charge in [-0.1, -0.05) is 24.1 Å². The van der Waals surface area contributed by atoms with E-state index in [1.54, 1.807) is 0 Å². The Morgan fingerprint density at radius 2 is 2.19 bits per heavy atom. The van der Waals surface area contributed by atoms with Crippen molar-refractivity contribution in [3.63, 3.8) is 0 Å². The molecular weight excluding hydrogens is 323 g/mol. The first-order valence-corrected chi connectivity index (χ1v) is 9.55. The topological polar surface area (TPSA) is 17.8 Å². The number of thioether (sulfide) groups is 1. The number of hydrogen-bond donors (Lipinski definition) is 0. The molecule has 5 heteroatoms. The van der Waals surface area contributed by atoms with Crippen LogP contribution in [0.25, 0.3) is 11.0 Å². The van der Waals surface area contributed by atoms with Gasteiger partial charge in [0, 0.05) is 11.3 Å². The lowest BCUT2D eigenvalue weighted by atomic mass is 9.94. The zero-order valence-electron chi connectivity index (χ0n) is 12.4. The third-order valence-corrected chi connectivity index (χ3v) is 5.95. The maximum Gasteiger partial charge on any atom is 0.128 e. The summed E-state index contributed by atoms with van der Waals surface area (Å²) in [7, 11) is 0. The minimum absolute atomic E-state index is 0.108. The molecule has 0 spiro atoms. The number of hydrogen-bond acceptors (Lipinski definition) is 2. The average molecular weight is 343 g/mol. The molecule has 3 unspecified atom stereocenters. The third-order valence-electron chi connectivity index (χ3n) is 4.35. The van der Waals surface area contributed by atoms with Crippen molar-refractivity contribution < 1.29 is 0 Å². The molecule has 0 amide bonds. The molecule has 114 valence electrons. The van der Waals surface area contributed by atoms with Crippen molar-refractivity contribution in [2.24, 2.45) is 0 Å². The summed E-state index contributed by atoms with van der Waals surface area (Å²) in [6.45, 7) is 1.99. The van der Waals surface area contributed by atoms with Crippen molar-refractivity contribution in [3.8, 4) is 0 Å². The number of fused-ring (bicyclic) bond motifs is 1. The van der Waals surface area contributed by atoms with Crippen LogP contribution in [0.4, 0.5) is 0 Å². The lowest BCUT2D eigenvalue weighted by Crippen LogP contribution is -2.22. The van der Waals surface area contributed by atoms with Crippen molar-refractivity contribution >= 4 is 46.0 Å². The van der Waals surface area contributed by atoms with Gasteiger partial charge in [0.15, 0.2) is 0 Å². The largest absolute Gasteiger partial charge is 0.324 e. The van der Waals surface area contributed by atoms with Gasteiger partial charge in [0.05, 0.1) is 15.9 Å². The molecule has 0 radical (unpaired) electrons. The zero-order chi connectivity index (χ0) is 15.0. The third kappa shape index (κ3) is 2.93. The Labute approximate surface area is 140 Å². The highest BCUT2D eigenvalue weighted by Gasteiger charge is 2.27. The van der Waals surface area contributed by atoms with Crippen LogP contribution in [-0.2, 0) is 0 Å². The molecule has 3 atom stereocenters. The van der Waals surface area contributed by atoms with E-state index in [4.69, 9.17) is 28.2 Å². The number of rotatable bonds is 3. The van der Waals surface area contributed by atoms with Crippen LogP contribution >= 0.6 is 35.0 Å². The average Bonchev–Trinajstić information content (AvgIpc) is 2.88. The smallest absolute Gasteiger partial charge is 0.128 e. The number of imidazole rings is 1. The van der Waals surface area contributed by atoms with E-state index in [0.717, 1.165) is 22.1 Å². The van der Waals surface area contributed by atoms with Gasteiger partial charge in [-0.15, -0.1) is 11.6 Å². The minimum Gasteiger partial charge on any atom is -0.324 e. The van der Waals surface area contributed by atoms with Gasteiger partial charge in [-0.2, -0.15) is 11.8 Å². The molecule has 0 aliphatic heterocycles. The molecule has 1 aliphatic rings. The second kappa shape index (κ2) is 6.39. The highest BCUT2D eigenvalue weighted by molar-refractivity contribution is 7.99. The highest BCUT2D eigenvalue weighted by atomic mass is 35.5. The van der Waals surface area contributed by atoms with E-state index in [9.17, 15) is 0 Å². The summed E-state index contributed by atoms with van der Waals surface area (Å²) < 4.78 is 2.35. The minimum atomic E-state index is -0.108. The lowest BCUT2D eigenvalue weighted by molar-refractivity contribution is 0.360. The van der Waals surface area contributed by atoms with Crippen molar-refractivity contribution in [3.05, 3.63) is 29.0 Å². The quantitative estimate of drug-likeness (QED) is 0.652. The summed E-state index contributed by atoms with van der Waals surface area (Å²) in [5, 5.41) is 1.34. The Morgan fingerprint density at radius 3 is 2.90 bits per heavy atom. The molecular formula is C16H20Cl2N2S. The summed E-state index contributed by atoms with van der Waals surface area (Å²) >= 11 is 14.7. The summed E-state index contributed by atoms with van der Waals surface area (Å²) in [5.41, 5.74) is 2.00. The summed E-state index contributed by atoms with van der Waals surface area (Å²) in [6, 6.07) is 6.49. The second-order valence-corrected chi connectivity index (χ2v) is 7.94. The maximum absolute atomic E-state index is 6.39. The molecule has 2 nitrogen and oxygen atoms in total. The summed E-state index contributed by atoms with van der Waals surface area (Å²) in [5.74, 6) is 0.950. The number of aromatic nitrogens is 2. The van der Waals surface area contributed by atoms with E-state index in [1.807, 2.05) is 30.8 Å². The first kappa shape index (κ1) is 15.5. The van der Waals surface area contributed by atoms with Crippen LogP contribution < -0.4 is 0 Å². The number of para-hydroxylation sites is 1. The molecule has 1 aliphatic carbocycles. The molecule has 1 aromatic carbocycles. The van der Waals surface area contributed by atoms with Crippen LogP contribution in [0.5, 0.6) is 0 Å². The fourth-order valence-electron chi connectivity index (χ4n) is 3.33. The SMILES string of the molecule is CSC1CCCC(n2c(C(C)Cl)nc3c(Cl)cccc32)C1. The molecule has 1 saturated carbocycles. The molecule has 1 fully saturated rings. The van der Waals surface area contributed by atoms with Crippen LogP contribution in [0.1, 0.15) is 49.9 Å². The van der Waals surface area contributed by atoms with Crippen LogP contribution in [-0.4, -0.2) is 21.1 Å². The monoisotopic (exact) mass is 342 g/mol. The number of benzene rings is 1. The Balaban J connectivity index is 2.11. The molecule has 0 saturated heterocycles. The second-order valence-electron chi connectivity index (χ2n) is 5.74. The van der Waals surface area contributed by atoms with Gasteiger partial charge in [0.1, 0.15) is 11.3 Å². The summed E-state index contributed by atoms with van der Waals surface area (Å²) in [4.78, 5) is 4.73. The van der Waals surface area contributed by atoms with Gasteiger partial charge in [0.2, 0.25) is 0 Å². The predicted octanol–water partition coefficient (Wildman–Crippen LogP) is 5.84. The Kier molecular flexibility index (Phi) is 4.72. The van der Waals surface area contributed by atoms with E-state index in [0.29, 0.717) is 11.1 Å². The van der Waals surface area contributed by atoms with Crippen LogP contribution in [0.3, 0.4) is 0 Å². The van der Waals surface area contributed by atoms with Gasteiger partial charge in [-0.25, -0.2) is 4.98 Å². The molecule has 21 heavy (non-hydrogen) atoms. The lowest BCUT2D eigenvalue weighted by Gasteiger charge is -2.31. The predicted molar refractivity (Wildman–Crippen MR) is 93.8 cm³/mol. The van der Waals surface area contributed by atoms with Crippen molar-refractivity contribution in [2.45, 2.75) is 49.3 Å². The van der Waals surface area contributed by atoms with Gasteiger partial charge in [0.25, 0.3) is 0 Å². The standard InChI is InChI=1S/C16H20Cl2N2S/c1-10(17)16-19-15-13(18)7-4-8-14(15)20(16)11-5-3-6-12(9-11)21-2/h4,7-8,10-12H,3,5-6,9H2,1-2H3. The number of alkyl halides is 1. The van der Waals surface area contributed by atoms with Crippen LogP contribution in [0.2, 0.25) is 5.02 Å². The molecule has 0 N–H and O–H groups in total. The highest BCUT2D eigenvalue weighted by Crippen LogP contribution is 2.39. The van der Waals surface area contributed by atoms with Crippen LogP contribution in [0, 0.1) is 0 Å².